The maximum Gasteiger partial charge on any atom is 0.225 e. The van der Waals surface area contributed by atoms with Crippen molar-refractivity contribution >= 4 is 34.4 Å². The number of hydrogen-bond acceptors (Lipinski definition) is 5. The van der Waals surface area contributed by atoms with Crippen LogP contribution in [0.25, 0.3) is 10.9 Å². The summed E-state index contributed by atoms with van der Waals surface area (Å²) in [6.07, 6.45) is 5.06. The Hall–Kier alpha value is -1.89. The van der Waals surface area contributed by atoms with Gasteiger partial charge in [0.1, 0.15) is 23.5 Å². The summed E-state index contributed by atoms with van der Waals surface area (Å²) in [5.74, 6) is 2.94. The molecule has 1 amide bonds. The average Bonchev–Trinajstić information content (AvgIpc) is 2.69. The van der Waals surface area contributed by atoms with Crippen LogP contribution in [0.1, 0.15) is 25.7 Å². The van der Waals surface area contributed by atoms with Crippen LogP contribution in [0.3, 0.4) is 0 Å². The lowest BCUT2D eigenvalue weighted by atomic mass is 9.85. The molecule has 4 rings (SSSR count). The Kier molecular flexibility index (Phi) is 5.24. The van der Waals surface area contributed by atoms with Gasteiger partial charge in [0.05, 0.1) is 0 Å². The van der Waals surface area contributed by atoms with Crippen molar-refractivity contribution in [1.29, 1.82) is 0 Å². The van der Waals surface area contributed by atoms with E-state index in [1.807, 2.05) is 22.7 Å². The summed E-state index contributed by atoms with van der Waals surface area (Å²) in [5, 5.41) is 4.15. The molecular weight excluding hydrogens is 351 g/mol. The molecule has 7 heteroatoms. The van der Waals surface area contributed by atoms with E-state index in [2.05, 4.69) is 15.3 Å². The predicted molar refractivity (Wildman–Crippen MR) is 103 cm³/mol. The van der Waals surface area contributed by atoms with E-state index in [0.29, 0.717) is 22.6 Å². The summed E-state index contributed by atoms with van der Waals surface area (Å²) >= 11 is 1.92. The van der Waals surface area contributed by atoms with Crippen molar-refractivity contribution in [2.24, 2.45) is 5.92 Å². The van der Waals surface area contributed by atoms with Gasteiger partial charge in [-0.25, -0.2) is 14.4 Å². The Bertz CT molecular complexity index is 788. The van der Waals surface area contributed by atoms with Crippen LogP contribution in [-0.4, -0.2) is 51.4 Å². The number of fused-ring (bicyclic) bond motifs is 1. The van der Waals surface area contributed by atoms with Gasteiger partial charge in [0.2, 0.25) is 5.91 Å². The second kappa shape index (κ2) is 7.78. The largest absolute Gasteiger partial charge is 0.367 e. The second-order valence-corrected chi connectivity index (χ2v) is 8.21. The molecule has 2 fully saturated rings. The number of carbonyl (C=O) groups is 1. The first-order valence-corrected chi connectivity index (χ1v) is 10.4. The van der Waals surface area contributed by atoms with Gasteiger partial charge in [-0.2, -0.15) is 11.8 Å². The minimum Gasteiger partial charge on any atom is -0.367 e. The highest BCUT2D eigenvalue weighted by Gasteiger charge is 2.30. The van der Waals surface area contributed by atoms with Crippen molar-refractivity contribution in [3.8, 4) is 0 Å². The van der Waals surface area contributed by atoms with Crippen LogP contribution in [0.2, 0.25) is 0 Å². The van der Waals surface area contributed by atoms with Crippen LogP contribution in [0.15, 0.2) is 24.5 Å². The molecule has 1 N–H and O–H groups in total. The number of thioether (sulfide) groups is 1. The third kappa shape index (κ3) is 3.63. The second-order valence-electron chi connectivity index (χ2n) is 6.99. The summed E-state index contributed by atoms with van der Waals surface area (Å²) in [4.78, 5) is 23.0. The number of anilines is 1. The standard InChI is InChI=1S/C19H23FN4OS/c20-16-3-1-2-15-17(16)21-12-22-18(15)23-14-6-4-13(5-7-14)19(25)24-8-10-26-11-9-24/h1-3,12-14H,4-11H2,(H,21,22,23). The van der Waals surface area contributed by atoms with E-state index < -0.39 is 0 Å². The fraction of sp³-hybridized carbons (Fsp3) is 0.526. The number of amides is 1. The normalized spacial score (nSPS) is 23.8. The Balaban J connectivity index is 1.38. The van der Waals surface area contributed by atoms with E-state index >= 15 is 0 Å². The molecule has 0 atom stereocenters. The maximum absolute atomic E-state index is 13.9. The highest BCUT2D eigenvalue weighted by atomic mass is 32.2. The van der Waals surface area contributed by atoms with E-state index in [9.17, 15) is 9.18 Å². The Labute approximate surface area is 156 Å². The van der Waals surface area contributed by atoms with E-state index in [1.54, 1.807) is 6.07 Å². The first-order valence-electron chi connectivity index (χ1n) is 9.24. The predicted octanol–water partition coefficient (Wildman–Crippen LogP) is 3.32. The highest BCUT2D eigenvalue weighted by Crippen LogP contribution is 2.30. The SMILES string of the molecule is O=C(C1CCC(Nc2ncnc3c(F)cccc23)CC1)N1CCSCC1. The smallest absolute Gasteiger partial charge is 0.225 e. The van der Waals surface area contributed by atoms with Crippen LogP contribution in [0.4, 0.5) is 10.2 Å². The fourth-order valence-corrected chi connectivity index (χ4v) is 4.79. The van der Waals surface area contributed by atoms with Gasteiger partial charge in [-0.3, -0.25) is 4.79 Å². The number of para-hydroxylation sites is 1. The molecule has 138 valence electrons. The summed E-state index contributed by atoms with van der Waals surface area (Å²) < 4.78 is 13.9. The van der Waals surface area contributed by atoms with Gasteiger partial charge in [-0.15, -0.1) is 0 Å². The zero-order valence-corrected chi connectivity index (χ0v) is 15.5. The van der Waals surface area contributed by atoms with E-state index in [-0.39, 0.29) is 17.8 Å². The summed E-state index contributed by atoms with van der Waals surface area (Å²) in [6.45, 7) is 1.78. The lowest BCUT2D eigenvalue weighted by Crippen LogP contribution is -2.43. The molecule has 1 saturated heterocycles. The van der Waals surface area contributed by atoms with Gasteiger partial charge in [0.15, 0.2) is 0 Å². The molecule has 1 aromatic carbocycles. The van der Waals surface area contributed by atoms with E-state index in [4.69, 9.17) is 0 Å². The first-order chi connectivity index (χ1) is 12.7. The van der Waals surface area contributed by atoms with Crippen molar-refractivity contribution in [2.75, 3.05) is 29.9 Å². The topological polar surface area (TPSA) is 58.1 Å². The van der Waals surface area contributed by atoms with Crippen LogP contribution < -0.4 is 5.32 Å². The first kappa shape index (κ1) is 17.5. The highest BCUT2D eigenvalue weighted by molar-refractivity contribution is 7.99. The number of benzene rings is 1. The molecule has 1 aliphatic carbocycles. The third-order valence-corrected chi connectivity index (χ3v) is 6.30. The van der Waals surface area contributed by atoms with Gasteiger partial charge in [-0.05, 0) is 37.8 Å². The summed E-state index contributed by atoms with van der Waals surface area (Å²) in [5.41, 5.74) is 0.344. The zero-order chi connectivity index (χ0) is 17.9. The van der Waals surface area contributed by atoms with Crippen LogP contribution in [0.5, 0.6) is 0 Å². The molecule has 0 radical (unpaired) electrons. The molecule has 2 aliphatic rings. The van der Waals surface area contributed by atoms with Crippen LogP contribution >= 0.6 is 11.8 Å². The number of nitrogens with zero attached hydrogens (tertiary/aromatic N) is 3. The quantitative estimate of drug-likeness (QED) is 0.893. The Morgan fingerprint density at radius 3 is 2.69 bits per heavy atom. The van der Waals surface area contributed by atoms with Gasteiger partial charge in [0.25, 0.3) is 0 Å². The molecule has 2 aromatic rings. The number of halogens is 1. The average molecular weight is 374 g/mol. The minimum absolute atomic E-state index is 0.149. The Morgan fingerprint density at radius 1 is 1.15 bits per heavy atom. The molecule has 1 aliphatic heterocycles. The molecule has 1 aromatic heterocycles. The summed E-state index contributed by atoms with van der Waals surface area (Å²) in [7, 11) is 0. The number of hydrogen-bond donors (Lipinski definition) is 1. The van der Waals surface area contributed by atoms with Crippen molar-refractivity contribution in [3.05, 3.63) is 30.3 Å². The molecule has 26 heavy (non-hydrogen) atoms. The molecular formula is C19H23FN4OS. The van der Waals surface area contributed by atoms with Crippen molar-refractivity contribution in [3.63, 3.8) is 0 Å². The number of rotatable bonds is 3. The molecule has 0 bridgehead atoms. The molecule has 0 spiro atoms. The molecule has 1 saturated carbocycles. The van der Waals surface area contributed by atoms with E-state index in [0.717, 1.165) is 50.3 Å². The van der Waals surface area contributed by atoms with Gasteiger partial charge in [-0.1, -0.05) is 6.07 Å². The number of nitrogens with one attached hydrogen (secondary N) is 1. The third-order valence-electron chi connectivity index (χ3n) is 5.36. The number of aromatic nitrogens is 2. The lowest BCUT2D eigenvalue weighted by molar-refractivity contribution is -0.136. The van der Waals surface area contributed by atoms with Crippen LogP contribution in [-0.2, 0) is 4.79 Å². The van der Waals surface area contributed by atoms with Crippen molar-refractivity contribution in [2.45, 2.75) is 31.7 Å². The molecule has 2 heterocycles. The van der Waals surface area contributed by atoms with Crippen molar-refractivity contribution < 1.29 is 9.18 Å². The minimum atomic E-state index is -0.332. The monoisotopic (exact) mass is 374 g/mol. The molecule has 0 unspecified atom stereocenters. The maximum atomic E-state index is 13.9. The Morgan fingerprint density at radius 2 is 1.92 bits per heavy atom. The van der Waals surface area contributed by atoms with Gasteiger partial charge in [0, 0.05) is 41.9 Å². The zero-order valence-electron chi connectivity index (χ0n) is 14.7. The van der Waals surface area contributed by atoms with Gasteiger partial charge < -0.3 is 10.2 Å². The van der Waals surface area contributed by atoms with E-state index in [1.165, 1.54) is 12.4 Å². The van der Waals surface area contributed by atoms with Crippen LogP contribution in [0, 0.1) is 11.7 Å². The molecule has 5 nitrogen and oxygen atoms in total. The number of carbonyl (C=O) groups excluding carboxylic acids is 1. The van der Waals surface area contributed by atoms with Gasteiger partial charge >= 0.3 is 0 Å². The summed E-state index contributed by atoms with van der Waals surface area (Å²) in [6, 6.07) is 5.19. The van der Waals surface area contributed by atoms with Crippen molar-refractivity contribution in [1.82, 2.24) is 14.9 Å². The fourth-order valence-electron chi connectivity index (χ4n) is 3.89. The lowest BCUT2D eigenvalue weighted by Gasteiger charge is -2.34.